The summed E-state index contributed by atoms with van der Waals surface area (Å²) in [5.41, 5.74) is 2.19. The first kappa shape index (κ1) is 16.8. The van der Waals surface area contributed by atoms with Crippen LogP contribution in [0, 0.1) is 12.8 Å². The predicted molar refractivity (Wildman–Crippen MR) is 102 cm³/mol. The molecule has 6 rings (SSSR count). The van der Waals surface area contributed by atoms with E-state index in [0.717, 1.165) is 31.1 Å². The van der Waals surface area contributed by atoms with Gasteiger partial charge in [0.2, 0.25) is 0 Å². The maximum Gasteiger partial charge on any atom is 0.289 e. The molecule has 1 N–H and O–H groups in total. The Balaban J connectivity index is 1.52. The van der Waals surface area contributed by atoms with Crippen molar-refractivity contribution in [2.75, 3.05) is 26.7 Å². The SMILES string of the molecule is COc1cccc([C@H]2CN(C(=O)c3ncc(C)[nH]3)[C@@H]3C4CCN(CC4)[C@H]23)c1. The molecule has 6 heteroatoms. The quantitative estimate of drug-likeness (QED) is 0.906. The zero-order chi connectivity index (χ0) is 18.5. The van der Waals surface area contributed by atoms with E-state index in [0.29, 0.717) is 23.7 Å². The minimum Gasteiger partial charge on any atom is -0.497 e. The Morgan fingerprint density at radius 1 is 1.26 bits per heavy atom. The van der Waals surface area contributed by atoms with Gasteiger partial charge in [-0.2, -0.15) is 0 Å². The predicted octanol–water partition coefficient (Wildman–Crippen LogP) is 2.43. The fourth-order valence-corrected chi connectivity index (χ4v) is 5.48. The van der Waals surface area contributed by atoms with Crippen molar-refractivity contribution in [1.29, 1.82) is 0 Å². The molecule has 4 aliphatic heterocycles. The molecule has 4 aliphatic rings. The van der Waals surface area contributed by atoms with Crippen LogP contribution in [0.15, 0.2) is 30.5 Å². The Labute approximate surface area is 159 Å². The molecule has 4 fully saturated rings. The molecule has 5 heterocycles. The molecule has 0 spiro atoms. The third kappa shape index (κ3) is 2.65. The largest absolute Gasteiger partial charge is 0.497 e. The third-order valence-corrected chi connectivity index (χ3v) is 6.68. The van der Waals surface area contributed by atoms with Crippen molar-refractivity contribution in [3.63, 3.8) is 0 Å². The molecular formula is C21H26N4O2. The average molecular weight is 366 g/mol. The fraction of sp³-hybridized carbons (Fsp3) is 0.524. The number of H-pyrrole nitrogens is 1. The molecule has 1 amide bonds. The topological polar surface area (TPSA) is 61.5 Å². The number of carbonyl (C=O) groups is 1. The molecule has 0 saturated carbocycles. The lowest BCUT2D eigenvalue weighted by atomic mass is 9.75. The van der Waals surface area contributed by atoms with E-state index in [1.807, 2.05) is 13.0 Å². The fourth-order valence-electron chi connectivity index (χ4n) is 5.48. The second-order valence-electron chi connectivity index (χ2n) is 8.11. The number of benzene rings is 1. The van der Waals surface area contributed by atoms with Gasteiger partial charge in [-0.25, -0.2) is 4.98 Å². The Kier molecular flexibility index (Phi) is 3.97. The number of hydrogen-bond donors (Lipinski definition) is 1. The van der Waals surface area contributed by atoms with E-state index in [-0.39, 0.29) is 11.9 Å². The van der Waals surface area contributed by atoms with Crippen LogP contribution in [0.4, 0.5) is 0 Å². The van der Waals surface area contributed by atoms with Gasteiger partial charge in [-0.3, -0.25) is 9.69 Å². The van der Waals surface area contributed by atoms with E-state index in [1.54, 1.807) is 13.3 Å². The van der Waals surface area contributed by atoms with Gasteiger partial charge in [-0.1, -0.05) is 12.1 Å². The van der Waals surface area contributed by atoms with Crippen LogP contribution < -0.4 is 4.74 Å². The van der Waals surface area contributed by atoms with Gasteiger partial charge in [0.1, 0.15) is 5.75 Å². The van der Waals surface area contributed by atoms with Crippen molar-refractivity contribution >= 4 is 5.91 Å². The van der Waals surface area contributed by atoms with E-state index in [1.165, 1.54) is 18.4 Å². The van der Waals surface area contributed by atoms with Crippen molar-refractivity contribution in [3.05, 3.63) is 47.5 Å². The lowest BCUT2D eigenvalue weighted by Gasteiger charge is -2.51. The number of aromatic amines is 1. The van der Waals surface area contributed by atoms with Gasteiger partial charge in [0.25, 0.3) is 5.91 Å². The molecule has 1 aromatic carbocycles. The molecular weight excluding hydrogens is 340 g/mol. The Bertz CT molecular complexity index is 855. The van der Waals surface area contributed by atoms with Crippen molar-refractivity contribution in [2.45, 2.75) is 37.8 Å². The maximum atomic E-state index is 13.3. The Hall–Kier alpha value is -2.34. The number of ether oxygens (including phenoxy) is 1. The van der Waals surface area contributed by atoms with Crippen LogP contribution in [-0.2, 0) is 0 Å². The standard InChI is InChI=1S/C21H26N4O2/c1-13-11-22-20(23-13)21(26)25-12-17(15-4-3-5-16(10-15)27-2)19-18(25)14-6-8-24(19)9-7-14/h3-5,10-11,14,17-19H,6-9,12H2,1-2H3,(H,22,23)/t17-,18-,19-/m1/s1. The second-order valence-corrected chi connectivity index (χ2v) is 8.11. The minimum atomic E-state index is 0.0391. The molecule has 142 valence electrons. The number of amides is 1. The molecule has 2 aromatic rings. The van der Waals surface area contributed by atoms with Crippen LogP contribution in [0.25, 0.3) is 0 Å². The highest BCUT2D eigenvalue weighted by molar-refractivity contribution is 5.91. The number of likely N-dealkylation sites (tertiary alicyclic amines) is 1. The first-order valence-electron chi connectivity index (χ1n) is 9.86. The van der Waals surface area contributed by atoms with Crippen molar-refractivity contribution < 1.29 is 9.53 Å². The molecule has 3 atom stereocenters. The highest BCUT2D eigenvalue weighted by Crippen LogP contribution is 2.47. The van der Waals surface area contributed by atoms with Gasteiger partial charge < -0.3 is 14.6 Å². The minimum absolute atomic E-state index is 0.0391. The molecule has 1 aromatic heterocycles. The van der Waals surface area contributed by atoms with Crippen LogP contribution in [-0.4, -0.2) is 64.5 Å². The summed E-state index contributed by atoms with van der Waals surface area (Å²) in [6.45, 7) is 4.97. The van der Waals surface area contributed by atoms with E-state index in [4.69, 9.17) is 4.74 Å². The Morgan fingerprint density at radius 3 is 2.78 bits per heavy atom. The molecule has 4 saturated heterocycles. The molecule has 27 heavy (non-hydrogen) atoms. The number of rotatable bonds is 3. The average Bonchev–Trinajstić information content (AvgIpc) is 3.34. The van der Waals surface area contributed by atoms with Gasteiger partial charge in [0.15, 0.2) is 5.82 Å². The van der Waals surface area contributed by atoms with Gasteiger partial charge in [0, 0.05) is 30.4 Å². The van der Waals surface area contributed by atoms with E-state index < -0.39 is 0 Å². The van der Waals surface area contributed by atoms with E-state index >= 15 is 0 Å². The number of fused-ring (bicyclic) bond motifs is 2. The summed E-state index contributed by atoms with van der Waals surface area (Å²) in [4.78, 5) is 25.4. The van der Waals surface area contributed by atoms with Crippen molar-refractivity contribution in [1.82, 2.24) is 19.8 Å². The highest BCUT2D eigenvalue weighted by atomic mass is 16.5. The molecule has 6 nitrogen and oxygen atoms in total. The van der Waals surface area contributed by atoms with Crippen molar-refractivity contribution in [2.24, 2.45) is 5.92 Å². The summed E-state index contributed by atoms with van der Waals surface area (Å²) in [7, 11) is 1.71. The summed E-state index contributed by atoms with van der Waals surface area (Å²) >= 11 is 0. The first-order chi connectivity index (χ1) is 13.2. The van der Waals surface area contributed by atoms with Gasteiger partial charge in [0.05, 0.1) is 13.2 Å². The molecule has 0 aliphatic carbocycles. The zero-order valence-electron chi connectivity index (χ0n) is 15.9. The van der Waals surface area contributed by atoms with Gasteiger partial charge in [-0.05, 0) is 56.5 Å². The van der Waals surface area contributed by atoms with Crippen LogP contribution in [0.2, 0.25) is 0 Å². The lowest BCUT2D eigenvalue weighted by Crippen LogP contribution is -2.60. The maximum absolute atomic E-state index is 13.3. The second kappa shape index (κ2) is 6.37. The summed E-state index contributed by atoms with van der Waals surface area (Å²) in [6.07, 6.45) is 4.11. The number of methoxy groups -OCH3 is 1. The number of hydrogen-bond acceptors (Lipinski definition) is 4. The summed E-state index contributed by atoms with van der Waals surface area (Å²) in [5, 5.41) is 0. The number of imidazole rings is 1. The first-order valence-corrected chi connectivity index (χ1v) is 9.86. The van der Waals surface area contributed by atoms with E-state index in [2.05, 4.69) is 38.0 Å². The van der Waals surface area contributed by atoms with Crippen LogP contribution in [0.3, 0.4) is 0 Å². The van der Waals surface area contributed by atoms with Gasteiger partial charge in [-0.15, -0.1) is 0 Å². The van der Waals surface area contributed by atoms with Gasteiger partial charge >= 0.3 is 0 Å². The summed E-state index contributed by atoms with van der Waals surface area (Å²) in [5.74, 6) is 2.29. The van der Waals surface area contributed by atoms with Crippen LogP contribution in [0.1, 0.15) is 40.6 Å². The highest BCUT2D eigenvalue weighted by Gasteiger charge is 2.55. The van der Waals surface area contributed by atoms with Crippen molar-refractivity contribution in [3.8, 4) is 5.75 Å². The summed E-state index contributed by atoms with van der Waals surface area (Å²) < 4.78 is 5.45. The number of nitrogens with one attached hydrogen (secondary N) is 1. The number of aryl methyl sites for hydroxylation is 1. The van der Waals surface area contributed by atoms with Crippen LogP contribution in [0.5, 0.6) is 5.75 Å². The lowest BCUT2D eigenvalue weighted by molar-refractivity contribution is -0.00375. The van der Waals surface area contributed by atoms with E-state index in [9.17, 15) is 4.79 Å². The monoisotopic (exact) mass is 366 g/mol. The van der Waals surface area contributed by atoms with Crippen LogP contribution >= 0.6 is 0 Å². The molecule has 0 unspecified atom stereocenters. The summed E-state index contributed by atoms with van der Waals surface area (Å²) in [6, 6.07) is 9.03. The number of nitrogens with zero attached hydrogens (tertiary/aromatic N) is 3. The number of piperidine rings is 3. The zero-order valence-corrected chi connectivity index (χ0v) is 15.9. The smallest absolute Gasteiger partial charge is 0.289 e. The number of aromatic nitrogens is 2. The molecule has 0 radical (unpaired) electrons. The third-order valence-electron chi connectivity index (χ3n) is 6.68. The molecule has 2 bridgehead atoms. The normalized spacial score (nSPS) is 31.8. The Morgan fingerprint density at radius 2 is 2.07 bits per heavy atom. The number of carbonyl (C=O) groups excluding carboxylic acids is 1.